The van der Waals surface area contributed by atoms with Crippen molar-refractivity contribution in [1.29, 1.82) is 0 Å². The zero-order valence-electron chi connectivity index (χ0n) is 10.3. The van der Waals surface area contributed by atoms with Gasteiger partial charge in [-0.25, -0.2) is 17.5 Å². The van der Waals surface area contributed by atoms with E-state index in [4.69, 9.17) is 10.0 Å². The third-order valence-corrected chi connectivity index (χ3v) is 3.76. The minimum Gasteiger partial charge on any atom is -0.423 e. The molecular weight excluding hydrogens is 260 g/mol. The fraction of sp³-hybridized carbons (Fsp3) is 0.400. The summed E-state index contributed by atoms with van der Waals surface area (Å²) in [6.45, 7) is 4.85. The minimum absolute atomic E-state index is 0.0920. The largest absolute Gasteiger partial charge is 0.488 e. The molecule has 5 nitrogen and oxygen atoms in total. The van der Waals surface area contributed by atoms with E-state index in [1.54, 1.807) is 20.8 Å². The van der Waals surface area contributed by atoms with E-state index in [2.05, 4.69) is 4.72 Å². The standard InChI is InChI=1S/C10H15BFNO4S/c1-10(2,3)13-18(16,17)9-6-7(11(14)15)4-5-8(9)12/h4-6,13-15H,1-3H3. The summed E-state index contributed by atoms with van der Waals surface area (Å²) in [6, 6.07) is 2.89. The van der Waals surface area contributed by atoms with Crippen LogP contribution in [-0.4, -0.2) is 31.1 Å². The van der Waals surface area contributed by atoms with E-state index in [1.165, 1.54) is 0 Å². The molecule has 3 N–H and O–H groups in total. The highest BCUT2D eigenvalue weighted by atomic mass is 32.2. The Balaban J connectivity index is 3.28. The van der Waals surface area contributed by atoms with Gasteiger partial charge in [0.25, 0.3) is 0 Å². The van der Waals surface area contributed by atoms with E-state index in [1.807, 2.05) is 0 Å². The molecule has 18 heavy (non-hydrogen) atoms. The van der Waals surface area contributed by atoms with Crippen molar-refractivity contribution in [3.63, 3.8) is 0 Å². The molecule has 0 aliphatic carbocycles. The first-order valence-electron chi connectivity index (χ1n) is 5.22. The van der Waals surface area contributed by atoms with Crippen LogP contribution in [0.3, 0.4) is 0 Å². The van der Waals surface area contributed by atoms with E-state index in [-0.39, 0.29) is 5.46 Å². The Morgan fingerprint density at radius 1 is 1.28 bits per heavy atom. The van der Waals surface area contributed by atoms with E-state index >= 15 is 0 Å². The molecule has 0 aliphatic heterocycles. The van der Waals surface area contributed by atoms with Gasteiger partial charge in [0.15, 0.2) is 0 Å². The number of benzene rings is 1. The molecule has 0 heterocycles. The fourth-order valence-corrected chi connectivity index (χ4v) is 2.88. The molecule has 0 saturated heterocycles. The van der Waals surface area contributed by atoms with Gasteiger partial charge in [0.2, 0.25) is 10.0 Å². The maximum absolute atomic E-state index is 13.5. The molecule has 100 valence electrons. The lowest BCUT2D eigenvalue weighted by molar-refractivity contribution is 0.425. The zero-order chi connectivity index (χ0) is 14.1. The lowest BCUT2D eigenvalue weighted by Crippen LogP contribution is -2.41. The Labute approximate surface area is 106 Å². The monoisotopic (exact) mass is 275 g/mol. The quantitative estimate of drug-likeness (QED) is 0.654. The van der Waals surface area contributed by atoms with Gasteiger partial charge in [0, 0.05) is 5.54 Å². The average Bonchev–Trinajstić information content (AvgIpc) is 2.13. The van der Waals surface area contributed by atoms with Crippen LogP contribution in [0.15, 0.2) is 23.1 Å². The molecule has 1 aromatic carbocycles. The van der Waals surface area contributed by atoms with Crippen LogP contribution in [0.5, 0.6) is 0 Å². The molecule has 0 aromatic heterocycles. The van der Waals surface area contributed by atoms with Crippen LogP contribution in [0.4, 0.5) is 4.39 Å². The minimum atomic E-state index is -4.05. The Morgan fingerprint density at radius 3 is 2.28 bits per heavy atom. The van der Waals surface area contributed by atoms with Crippen LogP contribution in [0, 0.1) is 5.82 Å². The van der Waals surface area contributed by atoms with Crippen molar-refractivity contribution in [2.75, 3.05) is 0 Å². The van der Waals surface area contributed by atoms with E-state index < -0.39 is 33.4 Å². The molecule has 0 fully saturated rings. The molecule has 0 atom stereocenters. The highest BCUT2D eigenvalue weighted by Gasteiger charge is 2.26. The smallest absolute Gasteiger partial charge is 0.423 e. The summed E-state index contributed by atoms with van der Waals surface area (Å²) < 4.78 is 39.7. The van der Waals surface area contributed by atoms with Gasteiger partial charge in [0.05, 0.1) is 0 Å². The summed E-state index contributed by atoms with van der Waals surface area (Å²) in [6.07, 6.45) is 0. The first-order valence-corrected chi connectivity index (χ1v) is 6.71. The van der Waals surface area contributed by atoms with Crippen LogP contribution >= 0.6 is 0 Å². The number of rotatable bonds is 3. The molecule has 0 bridgehead atoms. The summed E-state index contributed by atoms with van der Waals surface area (Å²) in [4.78, 5) is -0.608. The van der Waals surface area contributed by atoms with Gasteiger partial charge in [-0.2, -0.15) is 0 Å². The van der Waals surface area contributed by atoms with Gasteiger partial charge in [-0.3, -0.25) is 0 Å². The van der Waals surface area contributed by atoms with Gasteiger partial charge in [-0.1, -0.05) is 6.07 Å². The molecule has 8 heteroatoms. The third-order valence-electron chi connectivity index (χ3n) is 1.98. The molecular formula is C10H15BFNO4S. The van der Waals surface area contributed by atoms with E-state index in [9.17, 15) is 12.8 Å². The second-order valence-corrected chi connectivity index (χ2v) is 6.57. The lowest BCUT2D eigenvalue weighted by Gasteiger charge is -2.20. The summed E-state index contributed by atoms with van der Waals surface area (Å²) >= 11 is 0. The normalized spacial score (nSPS) is 12.6. The van der Waals surface area contributed by atoms with Crippen LogP contribution in [0.1, 0.15) is 20.8 Å². The predicted octanol–water partition coefficient (Wildman–Crippen LogP) is -0.418. The van der Waals surface area contributed by atoms with Gasteiger partial charge >= 0.3 is 7.12 Å². The second kappa shape index (κ2) is 4.97. The Hall–Kier alpha value is -0.955. The Kier molecular flexibility index (Phi) is 4.17. The highest BCUT2D eigenvalue weighted by Crippen LogP contribution is 2.15. The second-order valence-electron chi connectivity index (χ2n) is 4.92. The summed E-state index contributed by atoms with van der Waals surface area (Å²) in [5, 5.41) is 17.9. The van der Waals surface area contributed by atoms with Crippen LogP contribution in [0.25, 0.3) is 0 Å². The van der Waals surface area contributed by atoms with Crippen molar-refractivity contribution in [3.8, 4) is 0 Å². The molecule has 0 spiro atoms. The predicted molar refractivity (Wildman–Crippen MR) is 66.3 cm³/mol. The van der Waals surface area contributed by atoms with E-state index in [0.29, 0.717) is 0 Å². The topological polar surface area (TPSA) is 86.6 Å². The highest BCUT2D eigenvalue weighted by molar-refractivity contribution is 7.89. The molecule has 0 saturated carbocycles. The van der Waals surface area contributed by atoms with Crippen molar-refractivity contribution in [2.24, 2.45) is 0 Å². The Bertz CT molecular complexity index is 539. The number of nitrogens with one attached hydrogen (secondary N) is 1. The lowest BCUT2D eigenvalue weighted by atomic mass is 9.80. The van der Waals surface area contributed by atoms with Gasteiger partial charge in [-0.15, -0.1) is 0 Å². The maximum Gasteiger partial charge on any atom is 0.488 e. The average molecular weight is 275 g/mol. The van der Waals surface area contributed by atoms with Gasteiger partial charge < -0.3 is 10.0 Å². The number of halogens is 1. The number of sulfonamides is 1. The number of hydrogen-bond donors (Lipinski definition) is 3. The third kappa shape index (κ3) is 3.77. The molecule has 0 aliphatic rings. The molecule has 0 unspecified atom stereocenters. The van der Waals surface area contributed by atoms with Crippen molar-refractivity contribution in [2.45, 2.75) is 31.2 Å². The first kappa shape index (κ1) is 15.1. The SMILES string of the molecule is CC(C)(C)NS(=O)(=O)c1cc(B(O)O)ccc1F. The molecule has 1 rings (SSSR count). The molecule has 1 aromatic rings. The Morgan fingerprint density at radius 2 is 1.83 bits per heavy atom. The fourth-order valence-electron chi connectivity index (χ4n) is 1.34. The zero-order valence-corrected chi connectivity index (χ0v) is 11.1. The van der Waals surface area contributed by atoms with Gasteiger partial charge in [0.1, 0.15) is 10.7 Å². The van der Waals surface area contributed by atoms with Crippen molar-refractivity contribution < 1.29 is 22.9 Å². The van der Waals surface area contributed by atoms with Crippen LogP contribution in [0.2, 0.25) is 0 Å². The first-order chi connectivity index (χ1) is 8.03. The van der Waals surface area contributed by atoms with E-state index in [0.717, 1.165) is 18.2 Å². The summed E-state index contributed by atoms with van der Waals surface area (Å²) in [7, 11) is -5.90. The van der Waals surface area contributed by atoms with Crippen LogP contribution in [-0.2, 0) is 10.0 Å². The maximum atomic E-state index is 13.5. The summed E-state index contributed by atoms with van der Waals surface area (Å²) in [5.41, 5.74) is -0.857. The summed E-state index contributed by atoms with van der Waals surface area (Å²) in [5.74, 6) is -0.948. The molecule has 0 amide bonds. The van der Waals surface area contributed by atoms with Crippen molar-refractivity contribution >= 4 is 22.6 Å². The number of hydrogen-bond acceptors (Lipinski definition) is 4. The van der Waals surface area contributed by atoms with Gasteiger partial charge in [-0.05, 0) is 38.4 Å². The van der Waals surface area contributed by atoms with Crippen molar-refractivity contribution in [1.82, 2.24) is 4.72 Å². The molecule has 0 radical (unpaired) electrons. The van der Waals surface area contributed by atoms with Crippen molar-refractivity contribution in [3.05, 3.63) is 24.0 Å². The van der Waals surface area contributed by atoms with Crippen LogP contribution < -0.4 is 10.2 Å².